The van der Waals surface area contributed by atoms with Crippen LogP contribution in [0.1, 0.15) is 55.4 Å². The fraction of sp³-hybridized carbons (Fsp3) is 0.476. The molecule has 0 radical (unpaired) electrons. The maximum Gasteiger partial charge on any atom is 0.273 e. The highest BCUT2D eigenvalue weighted by molar-refractivity contribution is 7.15. The van der Waals surface area contributed by atoms with Crippen LogP contribution in [0.15, 0.2) is 24.3 Å². The van der Waals surface area contributed by atoms with E-state index in [-0.39, 0.29) is 30.6 Å². The second kappa shape index (κ2) is 7.79. The number of rotatable bonds is 6. The van der Waals surface area contributed by atoms with Crippen LogP contribution in [0.2, 0.25) is 0 Å². The van der Waals surface area contributed by atoms with Crippen LogP contribution >= 0.6 is 11.3 Å². The van der Waals surface area contributed by atoms with Crippen molar-refractivity contribution in [2.75, 3.05) is 16.8 Å². The van der Waals surface area contributed by atoms with E-state index in [1.807, 2.05) is 13.8 Å². The molecule has 0 unspecified atom stereocenters. The first-order valence-electron chi connectivity index (χ1n) is 10.3. The molecule has 9 heteroatoms. The fourth-order valence-electron chi connectivity index (χ4n) is 4.22. The Morgan fingerprint density at radius 1 is 1.27 bits per heavy atom. The molecule has 1 atom stereocenters. The van der Waals surface area contributed by atoms with Gasteiger partial charge in [-0.2, -0.15) is 0 Å². The molecule has 1 aromatic carbocycles. The van der Waals surface area contributed by atoms with Crippen LogP contribution in [-0.4, -0.2) is 45.0 Å². The predicted octanol–water partition coefficient (Wildman–Crippen LogP) is 3.06. The van der Waals surface area contributed by atoms with Crippen LogP contribution in [0.5, 0.6) is 0 Å². The van der Waals surface area contributed by atoms with Crippen LogP contribution in [0.3, 0.4) is 0 Å². The monoisotopic (exact) mass is 427 g/mol. The van der Waals surface area contributed by atoms with Crippen molar-refractivity contribution >= 4 is 39.9 Å². The fourth-order valence-corrected chi connectivity index (χ4v) is 5.05. The van der Waals surface area contributed by atoms with Crippen molar-refractivity contribution in [1.29, 1.82) is 0 Å². The molecule has 30 heavy (non-hydrogen) atoms. The van der Waals surface area contributed by atoms with Gasteiger partial charge in [0.1, 0.15) is 5.01 Å². The van der Waals surface area contributed by atoms with E-state index >= 15 is 0 Å². The van der Waals surface area contributed by atoms with Gasteiger partial charge in [-0.25, -0.2) is 0 Å². The van der Waals surface area contributed by atoms with Crippen molar-refractivity contribution in [3.63, 3.8) is 0 Å². The summed E-state index contributed by atoms with van der Waals surface area (Å²) >= 11 is 1.32. The number of carbonyl (C=O) groups excluding carboxylic acids is 3. The van der Waals surface area contributed by atoms with E-state index < -0.39 is 11.6 Å². The van der Waals surface area contributed by atoms with Gasteiger partial charge in [0.05, 0.1) is 11.3 Å². The lowest BCUT2D eigenvalue weighted by Crippen LogP contribution is -2.69. The zero-order valence-electron chi connectivity index (χ0n) is 17.3. The molecule has 4 rings (SSSR count). The number of amides is 3. The summed E-state index contributed by atoms with van der Waals surface area (Å²) < 4.78 is 0. The molecule has 0 saturated carbocycles. The molecule has 3 amide bonds. The molecule has 3 heterocycles. The summed E-state index contributed by atoms with van der Waals surface area (Å²) in [5, 5.41) is 12.3. The lowest BCUT2D eigenvalue weighted by molar-refractivity contribution is -0.129. The van der Waals surface area contributed by atoms with Crippen molar-refractivity contribution in [3.8, 4) is 0 Å². The predicted molar refractivity (Wildman–Crippen MR) is 114 cm³/mol. The first-order chi connectivity index (χ1) is 14.4. The number of aryl methyl sites for hydroxylation is 1. The third kappa shape index (κ3) is 3.17. The number of carbonyl (C=O) groups is 3. The Hall–Kier alpha value is -2.81. The Bertz CT molecular complexity index is 1000. The van der Waals surface area contributed by atoms with Gasteiger partial charge in [-0.1, -0.05) is 44.2 Å². The van der Waals surface area contributed by atoms with E-state index in [1.165, 1.54) is 16.2 Å². The van der Waals surface area contributed by atoms with E-state index in [0.29, 0.717) is 22.9 Å². The summed E-state index contributed by atoms with van der Waals surface area (Å²) in [6, 6.07) is 6.99. The van der Waals surface area contributed by atoms with Crippen molar-refractivity contribution in [1.82, 2.24) is 15.1 Å². The van der Waals surface area contributed by atoms with Gasteiger partial charge in [0.25, 0.3) is 11.8 Å². The van der Waals surface area contributed by atoms with E-state index in [9.17, 15) is 14.4 Å². The standard InChI is InChI=1S/C21H25N5O3S/c1-4-7-16-23-24-20(30-16)22-19(29)21-11-10-17(27)26(21)15-9-6-5-8-14(15)18(28)25(21)12-13(2)3/h5-6,8-9,13H,4,7,10-12H2,1-3H3,(H,22,24,29)/t21-/m1/s1. The number of benzene rings is 1. The zero-order valence-corrected chi connectivity index (χ0v) is 18.2. The van der Waals surface area contributed by atoms with Gasteiger partial charge < -0.3 is 4.90 Å². The van der Waals surface area contributed by atoms with E-state index in [2.05, 4.69) is 22.4 Å². The number of hydrogen-bond donors (Lipinski definition) is 1. The number of para-hydroxylation sites is 1. The second-order valence-corrected chi connectivity index (χ2v) is 9.14. The highest BCUT2D eigenvalue weighted by Gasteiger charge is 2.60. The molecule has 2 aliphatic rings. The summed E-state index contributed by atoms with van der Waals surface area (Å²) in [6.45, 7) is 6.39. The second-order valence-electron chi connectivity index (χ2n) is 8.08. The molecule has 2 aromatic rings. The smallest absolute Gasteiger partial charge is 0.273 e. The van der Waals surface area contributed by atoms with Gasteiger partial charge in [-0.3, -0.25) is 24.6 Å². The van der Waals surface area contributed by atoms with Crippen LogP contribution in [0, 0.1) is 5.92 Å². The van der Waals surface area contributed by atoms with Crippen molar-refractivity contribution < 1.29 is 14.4 Å². The number of fused-ring (bicyclic) bond motifs is 3. The Balaban J connectivity index is 1.79. The number of nitrogens with zero attached hydrogens (tertiary/aromatic N) is 4. The molecule has 1 N–H and O–H groups in total. The molecular weight excluding hydrogens is 402 g/mol. The third-order valence-electron chi connectivity index (χ3n) is 5.44. The molecule has 8 nitrogen and oxygen atoms in total. The van der Waals surface area contributed by atoms with Gasteiger partial charge in [0, 0.05) is 25.8 Å². The van der Waals surface area contributed by atoms with Gasteiger partial charge in [-0.05, 0) is 24.5 Å². The quantitative estimate of drug-likeness (QED) is 0.764. The van der Waals surface area contributed by atoms with E-state index in [1.54, 1.807) is 29.2 Å². The van der Waals surface area contributed by atoms with Crippen LogP contribution in [0.25, 0.3) is 0 Å². The topological polar surface area (TPSA) is 95.5 Å². The van der Waals surface area contributed by atoms with Gasteiger partial charge in [-0.15, -0.1) is 10.2 Å². The maximum atomic E-state index is 13.7. The number of anilines is 2. The SMILES string of the molecule is CCCc1nnc(NC(=O)[C@@]23CCC(=O)N2c2ccccc2C(=O)N3CC(C)C)s1. The molecule has 0 bridgehead atoms. The van der Waals surface area contributed by atoms with E-state index in [0.717, 1.165) is 17.8 Å². The Labute approximate surface area is 179 Å². The Morgan fingerprint density at radius 2 is 2.03 bits per heavy atom. The van der Waals surface area contributed by atoms with Crippen LogP contribution in [-0.2, 0) is 16.0 Å². The lowest BCUT2D eigenvalue weighted by Gasteiger charge is -2.49. The molecule has 1 aromatic heterocycles. The zero-order chi connectivity index (χ0) is 21.5. The van der Waals surface area contributed by atoms with Crippen LogP contribution in [0.4, 0.5) is 10.8 Å². The first-order valence-corrected chi connectivity index (χ1v) is 11.1. The number of nitrogens with one attached hydrogen (secondary N) is 1. The minimum atomic E-state index is -1.40. The Morgan fingerprint density at radius 3 is 2.77 bits per heavy atom. The Kier molecular flexibility index (Phi) is 5.31. The molecule has 1 saturated heterocycles. The summed E-state index contributed by atoms with van der Waals surface area (Å²) in [4.78, 5) is 43.1. The molecule has 2 aliphatic heterocycles. The lowest BCUT2D eigenvalue weighted by atomic mass is 9.94. The van der Waals surface area contributed by atoms with Crippen molar-refractivity contribution in [2.45, 2.75) is 52.1 Å². The van der Waals surface area contributed by atoms with Crippen LogP contribution < -0.4 is 10.2 Å². The highest BCUT2D eigenvalue weighted by Crippen LogP contribution is 2.45. The summed E-state index contributed by atoms with van der Waals surface area (Å²) in [6.07, 6.45) is 2.16. The first kappa shape index (κ1) is 20.5. The minimum absolute atomic E-state index is 0.124. The maximum absolute atomic E-state index is 13.7. The average molecular weight is 428 g/mol. The van der Waals surface area contributed by atoms with Crippen molar-refractivity contribution in [3.05, 3.63) is 34.8 Å². The normalized spacial score (nSPS) is 20.5. The molecule has 1 fully saturated rings. The summed E-state index contributed by atoms with van der Waals surface area (Å²) in [5.41, 5.74) is -0.467. The average Bonchev–Trinajstić information content (AvgIpc) is 3.30. The number of aromatic nitrogens is 2. The van der Waals surface area contributed by atoms with Gasteiger partial charge in [0.2, 0.25) is 16.7 Å². The van der Waals surface area contributed by atoms with Gasteiger partial charge in [0.15, 0.2) is 0 Å². The molecule has 158 valence electrons. The van der Waals surface area contributed by atoms with Crippen molar-refractivity contribution in [2.24, 2.45) is 5.92 Å². The van der Waals surface area contributed by atoms with E-state index in [4.69, 9.17) is 0 Å². The molecule has 0 aliphatic carbocycles. The van der Waals surface area contributed by atoms with Gasteiger partial charge >= 0.3 is 0 Å². The highest BCUT2D eigenvalue weighted by atomic mass is 32.1. The largest absolute Gasteiger partial charge is 0.307 e. The minimum Gasteiger partial charge on any atom is -0.307 e. The third-order valence-corrected chi connectivity index (χ3v) is 6.33. The number of hydrogen-bond acceptors (Lipinski definition) is 6. The molecule has 0 spiro atoms. The molecular formula is C21H25N5O3S. The summed E-state index contributed by atoms with van der Waals surface area (Å²) in [7, 11) is 0. The summed E-state index contributed by atoms with van der Waals surface area (Å²) in [5.74, 6) is -0.692.